The van der Waals surface area contributed by atoms with Crippen molar-refractivity contribution >= 4 is 33.7 Å². The first-order valence-electron chi connectivity index (χ1n) is 12.8. The highest BCUT2D eigenvalue weighted by molar-refractivity contribution is 5.98. The fourth-order valence-corrected chi connectivity index (χ4v) is 5.32. The van der Waals surface area contributed by atoms with E-state index in [0.717, 1.165) is 42.3 Å². The molecule has 0 aliphatic heterocycles. The van der Waals surface area contributed by atoms with Crippen LogP contribution in [0.15, 0.2) is 67.4 Å². The van der Waals surface area contributed by atoms with Gasteiger partial charge in [-0.05, 0) is 48.7 Å². The van der Waals surface area contributed by atoms with E-state index in [4.69, 9.17) is 0 Å². The molecule has 1 aliphatic rings. The number of rotatable bonds is 5. The molecule has 1 fully saturated rings. The Morgan fingerprint density at radius 3 is 2.64 bits per heavy atom. The number of hydrogen-bond acceptors (Lipinski definition) is 6. The fourth-order valence-electron chi connectivity index (χ4n) is 5.32. The highest BCUT2D eigenvalue weighted by Gasteiger charge is 2.23. The van der Waals surface area contributed by atoms with Crippen LogP contribution in [0.3, 0.4) is 0 Å². The van der Waals surface area contributed by atoms with Gasteiger partial charge in [0.05, 0.1) is 22.9 Å². The number of amides is 1. The molecular formula is C29H23FN8O. The molecule has 0 spiro atoms. The smallest absolute Gasteiger partial charge is 0.227 e. The van der Waals surface area contributed by atoms with Crippen LogP contribution < -0.4 is 5.32 Å². The van der Waals surface area contributed by atoms with Crippen LogP contribution in [0, 0.1) is 11.7 Å². The molecule has 0 atom stereocenters. The van der Waals surface area contributed by atoms with Crippen molar-refractivity contribution in [1.29, 1.82) is 0 Å². The lowest BCUT2D eigenvalue weighted by Crippen LogP contribution is -2.20. The van der Waals surface area contributed by atoms with Crippen molar-refractivity contribution in [2.45, 2.75) is 25.7 Å². The summed E-state index contributed by atoms with van der Waals surface area (Å²) in [6.45, 7) is 0. The summed E-state index contributed by atoms with van der Waals surface area (Å²) in [4.78, 5) is 33.4. The lowest BCUT2D eigenvalue weighted by Gasteiger charge is -2.11. The summed E-state index contributed by atoms with van der Waals surface area (Å²) in [6, 6.07) is 10.7. The number of aromatic amines is 2. The van der Waals surface area contributed by atoms with Crippen molar-refractivity contribution < 1.29 is 9.18 Å². The summed E-state index contributed by atoms with van der Waals surface area (Å²) in [7, 11) is 0. The molecule has 3 N–H and O–H groups in total. The maximum absolute atomic E-state index is 15.3. The van der Waals surface area contributed by atoms with Gasteiger partial charge in [-0.3, -0.25) is 19.9 Å². The van der Waals surface area contributed by atoms with Gasteiger partial charge in [-0.1, -0.05) is 12.8 Å². The Kier molecular flexibility index (Phi) is 5.58. The zero-order valence-electron chi connectivity index (χ0n) is 20.8. The van der Waals surface area contributed by atoms with E-state index in [1.807, 2.05) is 18.2 Å². The van der Waals surface area contributed by atoms with Gasteiger partial charge in [-0.2, -0.15) is 5.10 Å². The molecule has 0 radical (unpaired) electrons. The Labute approximate surface area is 222 Å². The molecule has 1 saturated carbocycles. The molecular weight excluding hydrogens is 495 g/mol. The average molecular weight is 519 g/mol. The Balaban J connectivity index is 1.27. The zero-order valence-corrected chi connectivity index (χ0v) is 20.8. The first-order chi connectivity index (χ1) is 19.1. The number of carbonyl (C=O) groups is 1. The van der Waals surface area contributed by atoms with Crippen LogP contribution >= 0.6 is 0 Å². The standard InChI is InChI=1S/C29H23FN8O/c30-23-13-24-22(12-21(23)18-11-19(15-32-14-18)34-29(39)17-3-1-2-4-17)26(38-37-24)28-35-25-20(7-10-33-27(25)36-28)16-5-8-31-9-6-16/h5-15,17H,1-4H2,(H,34,39)(H,37,38)(H,33,35,36). The van der Waals surface area contributed by atoms with E-state index in [1.54, 1.807) is 43.1 Å². The molecule has 10 heteroatoms. The molecule has 5 aromatic heterocycles. The molecule has 192 valence electrons. The van der Waals surface area contributed by atoms with Crippen molar-refractivity contribution in [1.82, 2.24) is 35.1 Å². The highest BCUT2D eigenvalue weighted by Crippen LogP contribution is 2.34. The van der Waals surface area contributed by atoms with E-state index in [9.17, 15) is 4.79 Å². The van der Waals surface area contributed by atoms with Gasteiger partial charge in [0.1, 0.15) is 11.5 Å². The molecule has 7 rings (SSSR count). The molecule has 6 aromatic rings. The molecule has 0 unspecified atom stereocenters. The van der Waals surface area contributed by atoms with Gasteiger partial charge in [0.2, 0.25) is 5.91 Å². The summed E-state index contributed by atoms with van der Waals surface area (Å²) < 4.78 is 15.3. The lowest BCUT2D eigenvalue weighted by molar-refractivity contribution is -0.119. The number of halogens is 1. The van der Waals surface area contributed by atoms with Gasteiger partial charge >= 0.3 is 0 Å². The van der Waals surface area contributed by atoms with Crippen LogP contribution in [0.25, 0.3) is 55.8 Å². The first-order valence-corrected chi connectivity index (χ1v) is 12.8. The second-order valence-corrected chi connectivity index (χ2v) is 9.76. The Bertz CT molecular complexity index is 1840. The van der Waals surface area contributed by atoms with Gasteiger partial charge in [0.25, 0.3) is 0 Å². The van der Waals surface area contributed by atoms with Crippen LogP contribution in [0.2, 0.25) is 0 Å². The largest absolute Gasteiger partial charge is 0.335 e. The number of fused-ring (bicyclic) bond motifs is 2. The van der Waals surface area contributed by atoms with Crippen LogP contribution in [0.1, 0.15) is 25.7 Å². The zero-order chi connectivity index (χ0) is 26.3. The van der Waals surface area contributed by atoms with Gasteiger partial charge < -0.3 is 10.3 Å². The van der Waals surface area contributed by atoms with E-state index in [-0.39, 0.29) is 11.8 Å². The summed E-state index contributed by atoms with van der Waals surface area (Å²) in [5.41, 5.74) is 5.77. The topological polar surface area (TPSA) is 125 Å². The van der Waals surface area contributed by atoms with E-state index in [0.29, 0.717) is 44.9 Å². The van der Waals surface area contributed by atoms with Gasteiger partial charge in [-0.25, -0.2) is 14.4 Å². The molecule has 5 heterocycles. The maximum Gasteiger partial charge on any atom is 0.227 e. The van der Waals surface area contributed by atoms with Crippen LogP contribution in [-0.4, -0.2) is 41.0 Å². The molecule has 1 aromatic carbocycles. The number of imidazole rings is 1. The molecule has 39 heavy (non-hydrogen) atoms. The van der Waals surface area contributed by atoms with Crippen molar-refractivity contribution in [2.24, 2.45) is 5.92 Å². The predicted octanol–water partition coefficient (Wildman–Crippen LogP) is 5.89. The van der Waals surface area contributed by atoms with Crippen LogP contribution in [-0.2, 0) is 4.79 Å². The van der Waals surface area contributed by atoms with Crippen LogP contribution in [0.4, 0.5) is 10.1 Å². The third-order valence-corrected chi connectivity index (χ3v) is 7.30. The third kappa shape index (κ3) is 4.19. The number of pyridine rings is 3. The molecule has 9 nitrogen and oxygen atoms in total. The van der Waals surface area contributed by atoms with E-state index >= 15 is 4.39 Å². The Morgan fingerprint density at radius 1 is 0.949 bits per heavy atom. The minimum atomic E-state index is -0.426. The van der Waals surface area contributed by atoms with E-state index < -0.39 is 5.82 Å². The van der Waals surface area contributed by atoms with Crippen molar-refractivity contribution in [3.63, 3.8) is 0 Å². The predicted molar refractivity (Wildman–Crippen MR) is 146 cm³/mol. The quantitative estimate of drug-likeness (QED) is 0.261. The number of hydrogen-bond donors (Lipinski definition) is 3. The number of benzene rings is 1. The Hall–Kier alpha value is -4.99. The third-order valence-electron chi connectivity index (χ3n) is 7.30. The lowest BCUT2D eigenvalue weighted by atomic mass is 10.0. The van der Waals surface area contributed by atoms with Crippen LogP contribution in [0.5, 0.6) is 0 Å². The number of carbonyl (C=O) groups excluding carboxylic acids is 1. The number of anilines is 1. The van der Waals surface area contributed by atoms with Crippen molar-refractivity contribution in [3.8, 4) is 33.8 Å². The molecule has 0 bridgehead atoms. The van der Waals surface area contributed by atoms with E-state index in [1.165, 1.54) is 6.07 Å². The number of nitrogens with one attached hydrogen (secondary N) is 3. The minimum absolute atomic E-state index is 0.0101. The minimum Gasteiger partial charge on any atom is -0.335 e. The summed E-state index contributed by atoms with van der Waals surface area (Å²) in [5, 5.41) is 11.0. The first kappa shape index (κ1) is 23.2. The number of H-pyrrole nitrogens is 2. The number of aromatic nitrogens is 7. The molecule has 0 saturated heterocycles. The SMILES string of the molecule is O=C(Nc1cncc(-c2cc3c(-c4nc5nccc(-c6ccncc6)c5[nH]4)n[nH]c3cc2F)c1)C1CCCC1. The Morgan fingerprint density at radius 2 is 1.79 bits per heavy atom. The fraction of sp³-hybridized carbons (Fsp3) is 0.172. The van der Waals surface area contributed by atoms with Crippen molar-refractivity contribution in [2.75, 3.05) is 5.32 Å². The second kappa shape index (κ2) is 9.39. The van der Waals surface area contributed by atoms with Gasteiger partial charge in [0, 0.05) is 58.8 Å². The van der Waals surface area contributed by atoms with Gasteiger partial charge in [-0.15, -0.1) is 0 Å². The highest BCUT2D eigenvalue weighted by atomic mass is 19.1. The summed E-state index contributed by atoms with van der Waals surface area (Å²) >= 11 is 0. The monoisotopic (exact) mass is 518 g/mol. The summed E-state index contributed by atoms with van der Waals surface area (Å²) in [5.74, 6) is 0.0975. The molecule has 1 amide bonds. The average Bonchev–Trinajstić information content (AvgIpc) is 3.72. The van der Waals surface area contributed by atoms with Crippen molar-refractivity contribution in [3.05, 3.63) is 73.2 Å². The molecule has 1 aliphatic carbocycles. The number of nitrogens with zero attached hydrogens (tertiary/aromatic N) is 5. The summed E-state index contributed by atoms with van der Waals surface area (Å²) in [6.07, 6.45) is 12.3. The second-order valence-electron chi connectivity index (χ2n) is 9.76. The van der Waals surface area contributed by atoms with Gasteiger partial charge in [0.15, 0.2) is 11.5 Å². The normalized spacial score (nSPS) is 13.9. The van der Waals surface area contributed by atoms with E-state index in [2.05, 4.69) is 40.4 Å². The maximum atomic E-state index is 15.3.